The van der Waals surface area contributed by atoms with Gasteiger partial charge in [-0.15, -0.1) is 0 Å². The van der Waals surface area contributed by atoms with E-state index in [0.717, 1.165) is 0 Å². The Labute approximate surface area is 485 Å². The molecule has 0 aromatic rings. The molecule has 0 radical (unpaired) electrons. The summed E-state index contributed by atoms with van der Waals surface area (Å²) in [7, 11) is 0. The van der Waals surface area contributed by atoms with Crippen molar-refractivity contribution >= 4 is 59.1 Å². The van der Waals surface area contributed by atoms with Crippen molar-refractivity contribution in [1.29, 1.82) is 0 Å². The summed E-state index contributed by atoms with van der Waals surface area (Å²) >= 11 is 0. The summed E-state index contributed by atoms with van der Waals surface area (Å²) < 4.78 is 0. The number of carbonyl (C=O) groups is 10. The highest BCUT2D eigenvalue weighted by atomic mass is 16.2. The lowest BCUT2D eigenvalue weighted by Crippen LogP contribution is -2.65. The van der Waals surface area contributed by atoms with E-state index in [4.69, 9.17) is 40.1 Å². The Kier molecular flexibility index (Phi) is 32.4. The Bertz CT molecular complexity index is 2050. The van der Waals surface area contributed by atoms with E-state index in [1.54, 1.807) is 0 Å². The molecule has 0 bridgehead atoms. The molecule has 3 fully saturated rings. The molecule has 3 saturated carbocycles. The van der Waals surface area contributed by atoms with Crippen LogP contribution in [0.4, 0.5) is 0 Å². The number of hydrogen-bond donors (Lipinski definition) is 16. The maximum absolute atomic E-state index is 14.7. The van der Waals surface area contributed by atoms with Crippen molar-refractivity contribution in [3.05, 3.63) is 0 Å². The van der Waals surface area contributed by atoms with Crippen LogP contribution in [0.15, 0.2) is 0 Å². The first-order valence-electron chi connectivity index (χ1n) is 30.6. The van der Waals surface area contributed by atoms with Gasteiger partial charge in [-0.3, -0.25) is 47.9 Å². The van der Waals surface area contributed by atoms with Gasteiger partial charge in [0.2, 0.25) is 59.1 Å². The van der Waals surface area contributed by atoms with Gasteiger partial charge in [0.1, 0.15) is 52.9 Å². The van der Waals surface area contributed by atoms with E-state index in [2.05, 4.69) is 47.9 Å². The van der Waals surface area contributed by atoms with Gasteiger partial charge in [0.05, 0.1) is 0 Å². The van der Waals surface area contributed by atoms with Gasteiger partial charge in [-0.1, -0.05) is 38.5 Å². The number of nitrogens with two attached hydrogens (primary N) is 7. The van der Waals surface area contributed by atoms with Gasteiger partial charge in [-0.25, -0.2) is 0 Å². The first-order chi connectivity index (χ1) is 39.3. The zero-order chi connectivity index (χ0) is 60.6. The van der Waals surface area contributed by atoms with Gasteiger partial charge in [0.15, 0.2) is 0 Å². The minimum atomic E-state index is -1.49. The molecule has 0 saturated heterocycles. The molecule has 26 nitrogen and oxygen atoms in total. The maximum atomic E-state index is 14.7. The normalized spacial score (nSPS) is 18.1. The van der Waals surface area contributed by atoms with Crippen molar-refractivity contribution in [2.45, 2.75) is 252 Å². The third kappa shape index (κ3) is 22.9. The molecule has 0 aromatic carbocycles. The molecule has 10 amide bonds. The van der Waals surface area contributed by atoms with Crippen LogP contribution in [-0.4, -0.2) is 151 Å². The number of primary amides is 1. The van der Waals surface area contributed by atoms with E-state index in [1.165, 1.54) is 6.92 Å². The summed E-state index contributed by atoms with van der Waals surface area (Å²) in [6.07, 6.45) is 12.6. The first kappa shape index (κ1) is 70.7. The summed E-state index contributed by atoms with van der Waals surface area (Å²) in [5, 5.41) is 25.8. The van der Waals surface area contributed by atoms with Gasteiger partial charge in [0, 0.05) is 6.92 Å². The molecular formula is C56H104N16O10. The van der Waals surface area contributed by atoms with Crippen LogP contribution in [-0.2, 0) is 47.9 Å². The van der Waals surface area contributed by atoms with Crippen LogP contribution >= 0.6 is 0 Å². The van der Waals surface area contributed by atoms with Gasteiger partial charge in [0.25, 0.3) is 0 Å². The SMILES string of the molecule is CC(=O)N[C@@H](CCCCN)C(=O)N[C@@H](CCCCN)C(=O)NC1(C(=O)N[C@@H](CCCCN)C(=O)N[C@@H](CCCCN)C(=O)NC2(C(=O)N[C@@H](CCCCN)C(=O)N[C@@H](CCCCN)C(=O)NC3(C(N)=O)CCCC3)CCCC2)CCCC1. The van der Waals surface area contributed by atoms with E-state index in [-0.39, 0.29) is 57.8 Å². The first-order valence-corrected chi connectivity index (χ1v) is 30.6. The molecule has 0 aromatic heterocycles. The smallest absolute Gasteiger partial charge is 0.246 e. The second-order valence-corrected chi connectivity index (χ2v) is 22.9. The van der Waals surface area contributed by atoms with Crippen LogP contribution in [0.5, 0.6) is 0 Å². The Morgan fingerprint density at radius 3 is 0.768 bits per heavy atom. The Balaban J connectivity index is 1.90. The molecule has 0 aliphatic heterocycles. The van der Waals surface area contributed by atoms with E-state index in [0.29, 0.717) is 174 Å². The van der Waals surface area contributed by atoms with Crippen LogP contribution in [0, 0.1) is 0 Å². The Morgan fingerprint density at radius 1 is 0.317 bits per heavy atom. The highest BCUT2D eigenvalue weighted by Crippen LogP contribution is 2.33. The predicted octanol–water partition coefficient (Wildman–Crippen LogP) is -1.54. The quantitative estimate of drug-likeness (QED) is 0.0308. The minimum Gasteiger partial charge on any atom is -0.368 e. The highest BCUT2D eigenvalue weighted by Gasteiger charge is 2.48. The fourth-order valence-corrected chi connectivity index (χ4v) is 11.4. The largest absolute Gasteiger partial charge is 0.368 e. The molecule has 23 N–H and O–H groups in total. The zero-order valence-electron chi connectivity index (χ0n) is 49.0. The van der Waals surface area contributed by atoms with E-state index in [1.807, 2.05) is 0 Å². The van der Waals surface area contributed by atoms with E-state index >= 15 is 0 Å². The van der Waals surface area contributed by atoms with E-state index < -0.39 is 112 Å². The van der Waals surface area contributed by atoms with Crippen molar-refractivity contribution in [1.82, 2.24) is 47.9 Å². The van der Waals surface area contributed by atoms with Crippen molar-refractivity contribution in [2.75, 3.05) is 39.3 Å². The summed E-state index contributed by atoms with van der Waals surface area (Å²) in [4.78, 5) is 139. The Hall–Kier alpha value is -5.54. The molecule has 6 atom stereocenters. The fraction of sp³-hybridized carbons (Fsp3) is 0.821. The number of hydrogen-bond acceptors (Lipinski definition) is 16. The van der Waals surface area contributed by atoms with Crippen molar-refractivity contribution in [3.8, 4) is 0 Å². The van der Waals surface area contributed by atoms with Gasteiger partial charge < -0.3 is 88.0 Å². The molecule has 0 unspecified atom stereocenters. The molecule has 3 aliphatic rings. The lowest BCUT2D eigenvalue weighted by atomic mass is 9.93. The molecule has 3 aliphatic carbocycles. The average Bonchev–Trinajstić information content (AvgIpc) is 4.33. The average molecular weight is 1160 g/mol. The third-order valence-corrected chi connectivity index (χ3v) is 16.3. The Morgan fingerprint density at radius 2 is 0.537 bits per heavy atom. The zero-order valence-corrected chi connectivity index (χ0v) is 49.0. The second kappa shape index (κ2) is 37.6. The second-order valence-electron chi connectivity index (χ2n) is 22.9. The fourth-order valence-electron chi connectivity index (χ4n) is 11.4. The molecule has 3 rings (SSSR count). The lowest BCUT2D eigenvalue weighted by molar-refractivity contribution is -0.139. The van der Waals surface area contributed by atoms with Crippen LogP contribution in [0.3, 0.4) is 0 Å². The van der Waals surface area contributed by atoms with Crippen molar-refractivity contribution < 1.29 is 47.9 Å². The lowest BCUT2D eigenvalue weighted by Gasteiger charge is -2.34. The van der Waals surface area contributed by atoms with Crippen LogP contribution in [0.1, 0.15) is 200 Å². The van der Waals surface area contributed by atoms with Crippen LogP contribution in [0.25, 0.3) is 0 Å². The van der Waals surface area contributed by atoms with Crippen LogP contribution in [0.2, 0.25) is 0 Å². The molecule has 26 heteroatoms. The van der Waals surface area contributed by atoms with Gasteiger partial charge in [-0.2, -0.15) is 0 Å². The van der Waals surface area contributed by atoms with E-state index in [9.17, 15) is 47.9 Å². The van der Waals surface area contributed by atoms with Crippen LogP contribution < -0.4 is 88.0 Å². The molecular weight excluding hydrogens is 1060 g/mol. The number of nitrogens with one attached hydrogen (secondary N) is 9. The molecule has 0 heterocycles. The molecule has 0 spiro atoms. The number of rotatable bonds is 42. The van der Waals surface area contributed by atoms with Crippen molar-refractivity contribution in [3.63, 3.8) is 0 Å². The van der Waals surface area contributed by atoms with Gasteiger partial charge in [-0.05, 0) is 193 Å². The molecule has 468 valence electrons. The summed E-state index contributed by atoms with van der Waals surface area (Å²) in [5.74, 6) is -6.01. The number of carbonyl (C=O) groups excluding carboxylic acids is 10. The summed E-state index contributed by atoms with van der Waals surface area (Å²) in [5.41, 5.74) is 36.4. The standard InChI is InChI=1S/C56H104N16O10/c1-38(73)64-39(20-2-14-32-57)45(74)65-43(24-6-18-36-61)49(78)71-55(28-10-11-29-55)52(81)69-41(22-4-16-34-59)47(76)67-44(25-7-19-37-62)50(79)72-56(30-12-13-31-56)53(82)68-40(21-3-15-33-58)46(75)66-42(23-5-17-35-60)48(77)70-54(51(63)80)26-8-9-27-54/h39-44H,2-37,57-62H2,1H3,(H2,63,80)(H,64,73)(H,65,74)(H,66,75)(H,67,76)(H,68,82)(H,69,81)(H,70,77)(H,71,78)(H,72,79)/t39-,40-,41-,42-,43-,44-/m0/s1. The number of unbranched alkanes of at least 4 members (excludes halogenated alkanes) is 6. The summed E-state index contributed by atoms with van der Waals surface area (Å²) in [6, 6.07) is -6.63. The third-order valence-electron chi connectivity index (χ3n) is 16.3. The highest BCUT2D eigenvalue weighted by molar-refractivity contribution is 6.00. The maximum Gasteiger partial charge on any atom is 0.246 e. The summed E-state index contributed by atoms with van der Waals surface area (Å²) in [6.45, 7) is 3.34. The monoisotopic (exact) mass is 1160 g/mol. The minimum absolute atomic E-state index is 0.123. The van der Waals surface area contributed by atoms with Crippen molar-refractivity contribution in [2.24, 2.45) is 40.1 Å². The predicted molar refractivity (Wildman–Crippen MR) is 312 cm³/mol. The topological polar surface area (TPSA) is 461 Å². The molecule has 82 heavy (non-hydrogen) atoms. The van der Waals surface area contributed by atoms with Gasteiger partial charge >= 0.3 is 0 Å². The number of amides is 10.